The van der Waals surface area contributed by atoms with Gasteiger partial charge in [-0.25, -0.2) is 0 Å². The molecule has 0 bridgehead atoms. The number of nitrogens with one attached hydrogen (secondary N) is 1. The number of likely N-dealkylation sites (N-methyl/N-ethyl adjacent to an activating group) is 4. The number of carboxylic acid groups (broad SMARTS) is 1. The maximum Gasteiger partial charge on any atom is 0.418 e. The number of carboxylic acids is 1. The Hall–Kier alpha value is -4.45. The minimum Gasteiger partial charge on any atom is -0.480 e. The monoisotopic (exact) mass is 870 g/mol. The Balaban J connectivity index is 0.000000277. The van der Waals surface area contributed by atoms with Gasteiger partial charge >= 0.3 is 18.3 Å². The number of carbonyl (C=O) groups is 2. The van der Waals surface area contributed by atoms with Crippen molar-refractivity contribution in [2.24, 2.45) is 11.8 Å². The van der Waals surface area contributed by atoms with Crippen molar-refractivity contribution in [1.82, 2.24) is 30.0 Å². The first kappa shape index (κ1) is 49.9. The lowest BCUT2D eigenvalue weighted by Gasteiger charge is -2.42. The second-order valence-electron chi connectivity index (χ2n) is 16.1. The van der Waals surface area contributed by atoms with Crippen molar-refractivity contribution < 1.29 is 41.0 Å². The highest BCUT2D eigenvalue weighted by Crippen LogP contribution is 2.40. The summed E-state index contributed by atoms with van der Waals surface area (Å²) in [6, 6.07) is 12.5. The predicted molar refractivity (Wildman–Crippen MR) is 227 cm³/mol. The number of aromatic nitrogens is 2. The van der Waals surface area contributed by atoms with Crippen LogP contribution in [0.2, 0.25) is 0 Å². The number of rotatable bonds is 8. The lowest BCUT2D eigenvalue weighted by Crippen LogP contribution is -2.52. The summed E-state index contributed by atoms with van der Waals surface area (Å²) in [4.78, 5) is 39.7. The maximum atomic E-state index is 13.4. The molecule has 2 aromatic carbocycles. The van der Waals surface area contributed by atoms with E-state index in [1.807, 2.05) is 26.0 Å². The summed E-state index contributed by atoms with van der Waals surface area (Å²) in [5.74, 6) is 0.0329. The standard InChI is InChI=1S/C21H27F3N4O.C17H20F3N3.C4H9NO2.ClH/c1-14-10-15(27(4)19(29)13-26(2)3)12-28(11-14)18-8-7-17(21(22,23)24)20-16(18)6-5-9-25-20;1-11-8-12(21-2)10-23(9-11)15-6-5-14(17(18,19)20)16-13(15)4-3-7-22-16;1-5(2)3-4(6)7;/h5-9,14-15H,10-13H2,1-4H3;3-7,11-12,21H,8-10H2,1-2H3;3H2,1-2H3,(H,6,7);1H/t14-,15+;11-,12+;;/m00../s1. The van der Waals surface area contributed by atoms with Crippen molar-refractivity contribution in [3.05, 3.63) is 72.1 Å². The van der Waals surface area contributed by atoms with Crippen LogP contribution in [0.5, 0.6) is 0 Å². The van der Waals surface area contributed by atoms with E-state index in [1.54, 1.807) is 61.3 Å². The molecule has 6 rings (SSSR count). The summed E-state index contributed by atoms with van der Waals surface area (Å²) in [6.07, 6.45) is -4.12. The lowest BCUT2D eigenvalue weighted by molar-refractivity contribution is -0.138. The number of hydrogen-bond acceptors (Lipinski definition) is 9. The van der Waals surface area contributed by atoms with Gasteiger partial charge in [0, 0.05) is 79.9 Å². The fraction of sp³-hybridized carbons (Fsp3) is 0.524. The van der Waals surface area contributed by atoms with Gasteiger partial charge in [0.15, 0.2) is 0 Å². The molecular weight excluding hydrogens is 814 g/mol. The quantitative estimate of drug-likeness (QED) is 0.176. The number of hydrogen-bond donors (Lipinski definition) is 2. The second kappa shape index (κ2) is 21.4. The molecule has 1 amide bonds. The van der Waals surface area contributed by atoms with Crippen LogP contribution in [0.1, 0.15) is 37.8 Å². The van der Waals surface area contributed by atoms with Gasteiger partial charge in [0.2, 0.25) is 5.91 Å². The molecule has 2 N–H and O–H groups in total. The van der Waals surface area contributed by atoms with E-state index >= 15 is 0 Å². The number of anilines is 2. The zero-order valence-electron chi connectivity index (χ0n) is 35.3. The first-order valence-electron chi connectivity index (χ1n) is 19.4. The molecule has 4 atom stereocenters. The van der Waals surface area contributed by atoms with Crippen LogP contribution in [0.3, 0.4) is 0 Å². The minimum atomic E-state index is -4.46. The van der Waals surface area contributed by atoms with E-state index in [0.717, 1.165) is 56.0 Å². The van der Waals surface area contributed by atoms with E-state index < -0.39 is 29.4 Å². The number of alkyl halides is 6. The molecule has 0 radical (unpaired) electrons. The average molecular weight is 871 g/mol. The molecular formula is C42H57ClF6N8O3. The normalized spacial score (nSPS) is 19.6. The Morgan fingerprint density at radius 3 is 1.57 bits per heavy atom. The number of fused-ring (bicyclic) bond motifs is 2. The van der Waals surface area contributed by atoms with Crippen molar-refractivity contribution in [1.29, 1.82) is 0 Å². The largest absolute Gasteiger partial charge is 0.480 e. The molecule has 2 aromatic heterocycles. The van der Waals surface area contributed by atoms with Gasteiger partial charge < -0.3 is 30.0 Å². The molecule has 2 aliphatic rings. The molecule has 0 saturated carbocycles. The Labute approximate surface area is 354 Å². The second-order valence-corrected chi connectivity index (χ2v) is 16.1. The molecule has 2 aliphatic heterocycles. The highest BCUT2D eigenvalue weighted by molar-refractivity contribution is 5.95. The first-order valence-corrected chi connectivity index (χ1v) is 19.4. The summed E-state index contributed by atoms with van der Waals surface area (Å²) in [5, 5.41) is 12.4. The SMILES string of the molecule is CN(C)CC(=O)O.CN[C@@H]1C[C@H](C)CN(c2ccc(C(F)(F)F)c3ncccc23)C1.C[C@H]1C[C@@H](N(C)C(=O)CN(C)C)CN(c2ccc(C(F)(F)F)c3ncccc23)C1.Cl. The third kappa shape index (κ3) is 13.3. The first-order chi connectivity index (χ1) is 27.6. The molecule has 18 heteroatoms. The summed E-state index contributed by atoms with van der Waals surface area (Å²) in [6.45, 7) is 7.64. The maximum absolute atomic E-state index is 13.4. The number of pyridine rings is 2. The van der Waals surface area contributed by atoms with E-state index in [9.17, 15) is 35.9 Å². The zero-order valence-corrected chi connectivity index (χ0v) is 36.1. The van der Waals surface area contributed by atoms with E-state index in [2.05, 4.69) is 38.9 Å². The van der Waals surface area contributed by atoms with E-state index in [1.165, 1.54) is 18.5 Å². The Kier molecular flexibility index (Phi) is 17.8. The van der Waals surface area contributed by atoms with E-state index in [4.69, 9.17) is 5.11 Å². The number of nitrogens with zero attached hydrogens (tertiary/aromatic N) is 7. The Morgan fingerprint density at radius 1 is 0.717 bits per heavy atom. The summed E-state index contributed by atoms with van der Waals surface area (Å²) >= 11 is 0. The molecule has 332 valence electrons. The van der Waals surface area contributed by atoms with Crippen LogP contribution in [0.25, 0.3) is 21.8 Å². The van der Waals surface area contributed by atoms with Gasteiger partial charge in [0.05, 0.1) is 35.2 Å². The fourth-order valence-corrected chi connectivity index (χ4v) is 7.73. The van der Waals surface area contributed by atoms with Crippen molar-refractivity contribution in [2.75, 3.05) is 91.4 Å². The van der Waals surface area contributed by atoms with Gasteiger partial charge in [-0.3, -0.25) is 24.5 Å². The topological polar surface area (TPSA) is 108 Å². The van der Waals surface area contributed by atoms with Crippen LogP contribution in [0.4, 0.5) is 37.7 Å². The third-order valence-electron chi connectivity index (χ3n) is 10.3. The van der Waals surface area contributed by atoms with Gasteiger partial charge in [-0.2, -0.15) is 26.3 Å². The smallest absolute Gasteiger partial charge is 0.418 e. The molecule has 4 aromatic rings. The number of aliphatic carboxylic acids is 1. The highest BCUT2D eigenvalue weighted by Gasteiger charge is 2.37. The van der Waals surface area contributed by atoms with Gasteiger partial charge in [-0.1, -0.05) is 13.8 Å². The molecule has 11 nitrogen and oxygen atoms in total. The lowest BCUT2D eigenvalue weighted by atomic mass is 9.93. The Bertz CT molecular complexity index is 2040. The summed E-state index contributed by atoms with van der Waals surface area (Å²) < 4.78 is 79.9. The number of carbonyl (C=O) groups excluding carboxylic acids is 1. The third-order valence-corrected chi connectivity index (χ3v) is 10.3. The van der Waals surface area contributed by atoms with Crippen molar-refractivity contribution in [3.8, 4) is 0 Å². The Morgan fingerprint density at radius 2 is 1.17 bits per heavy atom. The molecule has 0 unspecified atom stereocenters. The van der Waals surface area contributed by atoms with E-state index in [-0.39, 0.29) is 41.9 Å². The van der Waals surface area contributed by atoms with Crippen LogP contribution in [0, 0.1) is 11.8 Å². The predicted octanol–water partition coefficient (Wildman–Crippen LogP) is 7.23. The van der Waals surface area contributed by atoms with Gasteiger partial charge in [0.25, 0.3) is 0 Å². The van der Waals surface area contributed by atoms with Crippen LogP contribution < -0.4 is 15.1 Å². The van der Waals surface area contributed by atoms with Gasteiger partial charge in [-0.05, 0) is 108 Å². The molecule has 2 fully saturated rings. The van der Waals surface area contributed by atoms with E-state index in [0.29, 0.717) is 41.7 Å². The fourth-order valence-electron chi connectivity index (χ4n) is 7.73. The van der Waals surface area contributed by atoms with Crippen LogP contribution in [0.15, 0.2) is 60.9 Å². The van der Waals surface area contributed by atoms with Crippen molar-refractivity contribution >= 4 is 57.5 Å². The molecule has 0 spiro atoms. The number of benzene rings is 2. The number of piperidine rings is 2. The van der Waals surface area contributed by atoms with Crippen LogP contribution >= 0.6 is 12.4 Å². The van der Waals surface area contributed by atoms with Crippen LogP contribution in [-0.2, 0) is 21.9 Å². The molecule has 2 saturated heterocycles. The van der Waals surface area contributed by atoms with Gasteiger partial charge in [-0.15, -0.1) is 12.4 Å². The van der Waals surface area contributed by atoms with Crippen molar-refractivity contribution in [2.45, 2.75) is 51.1 Å². The zero-order chi connectivity index (χ0) is 43.8. The highest BCUT2D eigenvalue weighted by atomic mass is 35.5. The van der Waals surface area contributed by atoms with Crippen molar-refractivity contribution in [3.63, 3.8) is 0 Å². The summed E-state index contributed by atoms with van der Waals surface area (Å²) in [7, 11) is 10.9. The van der Waals surface area contributed by atoms with Crippen LogP contribution in [-0.4, -0.2) is 135 Å². The number of amides is 1. The average Bonchev–Trinajstić information content (AvgIpc) is 3.15. The summed E-state index contributed by atoms with van der Waals surface area (Å²) in [5.41, 5.74) is 0.142. The van der Waals surface area contributed by atoms with Gasteiger partial charge in [0.1, 0.15) is 0 Å². The molecule has 4 heterocycles. The molecule has 60 heavy (non-hydrogen) atoms. The molecule has 0 aliphatic carbocycles. The minimum absolute atomic E-state index is 0. The number of halogens is 7.